The first-order valence-electron chi connectivity index (χ1n) is 8.16. The SMILES string of the molecule is CCS(=O)(=O)Oc1c(F)c(F)c(-c2c(F)c(F)c(OS(=O)(=O)CC)c(F)c2F)c(F)c1F. The fraction of sp³-hybridized carbons (Fsp3) is 0.250. The third-order valence-electron chi connectivity index (χ3n) is 3.82. The molecule has 0 aliphatic heterocycles. The Bertz CT molecular complexity index is 1150. The summed E-state index contributed by atoms with van der Waals surface area (Å²) >= 11 is 0. The molecule has 32 heavy (non-hydrogen) atoms. The van der Waals surface area contributed by atoms with Crippen LogP contribution in [0.15, 0.2) is 0 Å². The van der Waals surface area contributed by atoms with E-state index < -0.39 is 101 Å². The average molecular weight is 514 g/mol. The third-order valence-corrected chi connectivity index (χ3v) is 6.08. The van der Waals surface area contributed by atoms with Gasteiger partial charge in [0, 0.05) is 0 Å². The standard InChI is InChI=1S/C16H10F8O6S2/c1-3-31(25,26)29-15-11(21)7(17)5(8(18)12(15)22)6-9(19)13(23)16(14(24)10(6)20)30-32(27,28)4-2/h3-4H2,1-2H3. The van der Waals surface area contributed by atoms with E-state index in [0.717, 1.165) is 13.8 Å². The van der Waals surface area contributed by atoms with E-state index in [2.05, 4.69) is 8.37 Å². The van der Waals surface area contributed by atoms with Gasteiger partial charge < -0.3 is 8.37 Å². The van der Waals surface area contributed by atoms with Gasteiger partial charge in [-0.05, 0) is 13.8 Å². The highest BCUT2D eigenvalue weighted by Crippen LogP contribution is 2.42. The van der Waals surface area contributed by atoms with Gasteiger partial charge in [0.1, 0.15) is 0 Å². The lowest BCUT2D eigenvalue weighted by molar-refractivity contribution is 0.382. The minimum Gasteiger partial charge on any atom is -0.376 e. The van der Waals surface area contributed by atoms with Gasteiger partial charge in [-0.2, -0.15) is 34.4 Å². The molecular weight excluding hydrogens is 504 g/mol. The van der Waals surface area contributed by atoms with Crippen molar-refractivity contribution >= 4 is 20.2 Å². The summed E-state index contributed by atoms with van der Waals surface area (Å²) in [5.41, 5.74) is -4.61. The zero-order valence-electron chi connectivity index (χ0n) is 15.7. The Labute approximate surface area is 175 Å². The Balaban J connectivity index is 2.88. The van der Waals surface area contributed by atoms with E-state index in [9.17, 15) is 52.0 Å². The molecule has 0 saturated heterocycles. The van der Waals surface area contributed by atoms with Crippen molar-refractivity contribution in [2.45, 2.75) is 13.8 Å². The summed E-state index contributed by atoms with van der Waals surface area (Å²) in [4.78, 5) is 0. The number of rotatable bonds is 7. The molecule has 0 atom stereocenters. The Morgan fingerprint density at radius 1 is 0.500 bits per heavy atom. The predicted molar refractivity (Wildman–Crippen MR) is 91.7 cm³/mol. The molecule has 0 saturated carbocycles. The van der Waals surface area contributed by atoms with E-state index in [1.165, 1.54) is 0 Å². The molecule has 0 radical (unpaired) electrons. The summed E-state index contributed by atoms with van der Waals surface area (Å²) in [6.45, 7) is 1.87. The van der Waals surface area contributed by atoms with Crippen LogP contribution in [-0.4, -0.2) is 28.3 Å². The second kappa shape index (κ2) is 8.73. The second-order valence-electron chi connectivity index (χ2n) is 5.78. The first kappa shape index (κ1) is 25.6. The van der Waals surface area contributed by atoms with Crippen molar-refractivity contribution in [3.8, 4) is 22.6 Å². The first-order chi connectivity index (χ1) is 14.6. The van der Waals surface area contributed by atoms with Gasteiger partial charge in [0.05, 0.1) is 22.6 Å². The number of halogens is 8. The molecule has 0 spiro atoms. The molecule has 2 rings (SSSR count). The van der Waals surface area contributed by atoms with Crippen molar-refractivity contribution in [3.05, 3.63) is 46.5 Å². The third kappa shape index (κ3) is 4.46. The van der Waals surface area contributed by atoms with E-state index in [1.807, 2.05) is 0 Å². The van der Waals surface area contributed by atoms with Crippen molar-refractivity contribution in [1.82, 2.24) is 0 Å². The largest absolute Gasteiger partial charge is 0.376 e. The van der Waals surface area contributed by atoms with Gasteiger partial charge in [0.2, 0.25) is 34.8 Å². The maximum absolute atomic E-state index is 14.4. The molecule has 0 bridgehead atoms. The van der Waals surface area contributed by atoms with Crippen molar-refractivity contribution in [2.24, 2.45) is 0 Å². The molecule has 6 nitrogen and oxygen atoms in total. The number of hydrogen-bond donors (Lipinski definition) is 0. The normalized spacial score (nSPS) is 12.2. The van der Waals surface area contributed by atoms with Gasteiger partial charge in [0.25, 0.3) is 0 Å². The van der Waals surface area contributed by atoms with Crippen LogP contribution in [0.1, 0.15) is 13.8 Å². The maximum atomic E-state index is 14.4. The highest BCUT2D eigenvalue weighted by Gasteiger charge is 2.37. The predicted octanol–water partition coefficient (Wildman–Crippen LogP) is 3.92. The molecule has 16 heteroatoms. The van der Waals surface area contributed by atoms with Crippen LogP contribution in [0.5, 0.6) is 11.5 Å². The van der Waals surface area contributed by atoms with Crippen LogP contribution in [0.3, 0.4) is 0 Å². The zero-order valence-corrected chi connectivity index (χ0v) is 17.3. The van der Waals surface area contributed by atoms with E-state index >= 15 is 0 Å². The Hall–Kier alpha value is -2.62. The molecule has 2 aromatic rings. The molecule has 0 fully saturated rings. The summed E-state index contributed by atoms with van der Waals surface area (Å²) in [6.07, 6.45) is 0. The van der Waals surface area contributed by atoms with Crippen molar-refractivity contribution in [3.63, 3.8) is 0 Å². The van der Waals surface area contributed by atoms with Gasteiger partial charge in [-0.25, -0.2) is 17.6 Å². The van der Waals surface area contributed by atoms with Crippen molar-refractivity contribution in [2.75, 3.05) is 11.5 Å². The molecule has 0 aromatic heterocycles. The molecule has 0 aliphatic carbocycles. The van der Waals surface area contributed by atoms with Gasteiger partial charge >= 0.3 is 20.2 Å². The van der Waals surface area contributed by atoms with Crippen molar-refractivity contribution < 1.29 is 60.3 Å². The lowest BCUT2D eigenvalue weighted by Gasteiger charge is -2.15. The van der Waals surface area contributed by atoms with E-state index in [0.29, 0.717) is 0 Å². The fourth-order valence-electron chi connectivity index (χ4n) is 2.18. The monoisotopic (exact) mass is 514 g/mol. The smallest absolute Gasteiger partial charge is 0.309 e. The highest BCUT2D eigenvalue weighted by atomic mass is 32.2. The van der Waals surface area contributed by atoms with Crippen LogP contribution in [0, 0.1) is 46.5 Å². The van der Waals surface area contributed by atoms with E-state index in [1.54, 1.807) is 0 Å². The van der Waals surface area contributed by atoms with Gasteiger partial charge in [0.15, 0.2) is 23.3 Å². The van der Waals surface area contributed by atoms with E-state index in [-0.39, 0.29) is 0 Å². The minimum absolute atomic E-state index is 0.904. The second-order valence-corrected chi connectivity index (χ2v) is 9.50. The molecule has 0 N–H and O–H groups in total. The molecule has 0 amide bonds. The topological polar surface area (TPSA) is 86.7 Å². The number of benzene rings is 2. The van der Waals surface area contributed by atoms with E-state index in [4.69, 9.17) is 0 Å². The minimum atomic E-state index is -4.74. The molecular formula is C16H10F8O6S2. The lowest BCUT2D eigenvalue weighted by atomic mass is 10.0. The van der Waals surface area contributed by atoms with Crippen LogP contribution < -0.4 is 8.37 Å². The van der Waals surface area contributed by atoms with Crippen LogP contribution in [-0.2, 0) is 20.2 Å². The molecule has 0 unspecified atom stereocenters. The quantitative estimate of drug-likeness (QED) is 0.316. The summed E-state index contributed by atoms with van der Waals surface area (Å²) in [5.74, 6) is -27.1. The lowest BCUT2D eigenvalue weighted by Crippen LogP contribution is -2.17. The van der Waals surface area contributed by atoms with Gasteiger partial charge in [-0.3, -0.25) is 0 Å². The van der Waals surface area contributed by atoms with Crippen LogP contribution in [0.25, 0.3) is 11.1 Å². The summed E-state index contributed by atoms with van der Waals surface area (Å²) in [6, 6.07) is 0. The molecule has 2 aromatic carbocycles. The first-order valence-corrected chi connectivity index (χ1v) is 11.3. The Kier molecular flexibility index (Phi) is 6.99. The Morgan fingerprint density at radius 3 is 0.906 bits per heavy atom. The maximum Gasteiger partial charge on any atom is 0.309 e. The summed E-state index contributed by atoms with van der Waals surface area (Å²) in [7, 11) is -9.48. The van der Waals surface area contributed by atoms with Gasteiger partial charge in [-0.1, -0.05) is 0 Å². The summed E-state index contributed by atoms with van der Waals surface area (Å²) in [5, 5.41) is 0. The summed E-state index contributed by atoms with van der Waals surface area (Å²) < 4.78 is 167. The zero-order chi connectivity index (χ0) is 24.8. The van der Waals surface area contributed by atoms with Crippen LogP contribution >= 0.6 is 0 Å². The van der Waals surface area contributed by atoms with Crippen LogP contribution in [0.2, 0.25) is 0 Å². The highest BCUT2D eigenvalue weighted by molar-refractivity contribution is 7.87. The Morgan fingerprint density at radius 2 is 0.719 bits per heavy atom. The average Bonchev–Trinajstić information content (AvgIpc) is 2.74. The molecule has 0 aliphatic rings. The molecule has 178 valence electrons. The van der Waals surface area contributed by atoms with Crippen LogP contribution in [0.4, 0.5) is 35.1 Å². The van der Waals surface area contributed by atoms with Gasteiger partial charge in [-0.15, -0.1) is 0 Å². The number of hydrogen-bond acceptors (Lipinski definition) is 6. The molecule has 0 heterocycles. The fourth-order valence-corrected chi connectivity index (χ4v) is 3.22. The van der Waals surface area contributed by atoms with Crippen molar-refractivity contribution in [1.29, 1.82) is 0 Å².